The van der Waals surface area contributed by atoms with Crippen LogP contribution in [0.4, 0.5) is 5.95 Å². The summed E-state index contributed by atoms with van der Waals surface area (Å²) in [6.45, 7) is 5.40. The minimum absolute atomic E-state index is 0.00916. The second-order valence-corrected chi connectivity index (χ2v) is 8.08. The van der Waals surface area contributed by atoms with E-state index in [1.54, 1.807) is 18.6 Å². The number of anilines is 1. The van der Waals surface area contributed by atoms with Crippen molar-refractivity contribution in [1.82, 2.24) is 19.9 Å². The molecular formula is C20H24ClN5O. The highest BCUT2D eigenvalue weighted by Crippen LogP contribution is 2.40. The van der Waals surface area contributed by atoms with E-state index in [2.05, 4.69) is 19.9 Å². The Morgan fingerprint density at radius 3 is 2.59 bits per heavy atom. The molecule has 27 heavy (non-hydrogen) atoms. The summed E-state index contributed by atoms with van der Waals surface area (Å²) in [5.41, 5.74) is 1.70. The van der Waals surface area contributed by atoms with E-state index in [9.17, 15) is 4.79 Å². The van der Waals surface area contributed by atoms with E-state index >= 15 is 0 Å². The summed E-state index contributed by atoms with van der Waals surface area (Å²) in [6.07, 6.45) is 9.62. The molecule has 1 spiro atoms. The van der Waals surface area contributed by atoms with Crippen LogP contribution in [0.5, 0.6) is 0 Å². The van der Waals surface area contributed by atoms with E-state index in [0.717, 1.165) is 57.0 Å². The minimum Gasteiger partial charge on any atom is -0.340 e. The lowest BCUT2D eigenvalue weighted by Gasteiger charge is -2.47. The molecule has 0 aliphatic carbocycles. The van der Waals surface area contributed by atoms with Crippen molar-refractivity contribution in [2.45, 2.75) is 32.6 Å². The molecular weight excluding hydrogens is 362 g/mol. The van der Waals surface area contributed by atoms with Crippen molar-refractivity contribution >= 4 is 23.5 Å². The highest BCUT2D eigenvalue weighted by molar-refractivity contribution is 6.32. The Hall–Kier alpha value is -2.21. The number of halogens is 1. The van der Waals surface area contributed by atoms with Crippen LogP contribution in [0.15, 0.2) is 30.7 Å². The molecule has 2 saturated heterocycles. The van der Waals surface area contributed by atoms with E-state index in [1.165, 1.54) is 6.42 Å². The Kier molecular flexibility index (Phi) is 5.00. The topological polar surface area (TPSA) is 62.2 Å². The number of nitrogens with zero attached hydrogens (tertiary/aromatic N) is 5. The minimum atomic E-state index is -0.00916. The third-order valence-corrected chi connectivity index (χ3v) is 6.12. The van der Waals surface area contributed by atoms with Crippen LogP contribution in [0.2, 0.25) is 5.15 Å². The van der Waals surface area contributed by atoms with Crippen molar-refractivity contribution in [2.24, 2.45) is 5.41 Å². The number of amides is 1. The summed E-state index contributed by atoms with van der Waals surface area (Å²) in [4.78, 5) is 30.1. The molecule has 2 aliphatic heterocycles. The van der Waals surface area contributed by atoms with E-state index in [1.807, 2.05) is 24.0 Å². The van der Waals surface area contributed by atoms with Crippen LogP contribution in [0.3, 0.4) is 0 Å². The van der Waals surface area contributed by atoms with E-state index in [0.29, 0.717) is 5.56 Å². The molecule has 4 rings (SSSR count). The van der Waals surface area contributed by atoms with Gasteiger partial charge in [-0.15, -0.1) is 0 Å². The van der Waals surface area contributed by atoms with Gasteiger partial charge >= 0.3 is 0 Å². The Balaban J connectivity index is 1.43. The van der Waals surface area contributed by atoms with Gasteiger partial charge in [-0.05, 0) is 55.7 Å². The van der Waals surface area contributed by atoms with E-state index in [4.69, 9.17) is 11.6 Å². The van der Waals surface area contributed by atoms with Gasteiger partial charge in [-0.1, -0.05) is 11.6 Å². The van der Waals surface area contributed by atoms with Gasteiger partial charge in [0.25, 0.3) is 5.91 Å². The molecule has 2 aromatic heterocycles. The Labute approximate surface area is 164 Å². The highest BCUT2D eigenvalue weighted by Gasteiger charge is 2.40. The van der Waals surface area contributed by atoms with Gasteiger partial charge in [-0.25, -0.2) is 15.0 Å². The molecule has 0 unspecified atom stereocenters. The van der Waals surface area contributed by atoms with Crippen molar-refractivity contribution < 1.29 is 4.79 Å². The summed E-state index contributed by atoms with van der Waals surface area (Å²) in [6, 6.07) is 3.68. The normalized spacial score (nSPS) is 19.3. The van der Waals surface area contributed by atoms with Crippen LogP contribution in [-0.4, -0.2) is 51.9 Å². The molecule has 0 radical (unpaired) electrons. The van der Waals surface area contributed by atoms with Crippen LogP contribution < -0.4 is 4.90 Å². The van der Waals surface area contributed by atoms with Crippen LogP contribution in [0.1, 0.15) is 41.6 Å². The molecule has 2 aromatic rings. The van der Waals surface area contributed by atoms with Crippen LogP contribution in [0, 0.1) is 12.3 Å². The van der Waals surface area contributed by atoms with Crippen LogP contribution >= 0.6 is 11.6 Å². The van der Waals surface area contributed by atoms with Gasteiger partial charge in [0.2, 0.25) is 5.95 Å². The predicted molar refractivity (Wildman–Crippen MR) is 105 cm³/mol. The van der Waals surface area contributed by atoms with Crippen LogP contribution in [0.25, 0.3) is 0 Å². The van der Waals surface area contributed by atoms with Gasteiger partial charge in [0, 0.05) is 44.8 Å². The Morgan fingerprint density at radius 1 is 1.11 bits per heavy atom. The number of likely N-dealkylation sites (tertiary alicyclic amines) is 1. The highest BCUT2D eigenvalue weighted by atomic mass is 35.5. The Bertz CT molecular complexity index is 820. The van der Waals surface area contributed by atoms with Gasteiger partial charge in [-0.2, -0.15) is 0 Å². The zero-order valence-electron chi connectivity index (χ0n) is 15.6. The van der Waals surface area contributed by atoms with Crippen molar-refractivity contribution in [2.75, 3.05) is 31.1 Å². The predicted octanol–water partition coefficient (Wildman–Crippen LogP) is 3.36. The second-order valence-electron chi connectivity index (χ2n) is 7.72. The quantitative estimate of drug-likeness (QED) is 0.742. The van der Waals surface area contributed by atoms with Gasteiger partial charge in [0.1, 0.15) is 5.15 Å². The lowest BCUT2D eigenvalue weighted by atomic mass is 9.72. The maximum absolute atomic E-state index is 12.9. The summed E-state index contributed by atoms with van der Waals surface area (Å²) in [7, 11) is 0. The summed E-state index contributed by atoms with van der Waals surface area (Å²) < 4.78 is 0. The van der Waals surface area contributed by atoms with Crippen LogP contribution in [-0.2, 0) is 0 Å². The molecule has 0 N–H and O–H groups in total. The van der Waals surface area contributed by atoms with Crippen molar-refractivity contribution in [3.8, 4) is 0 Å². The molecule has 2 aliphatic rings. The van der Waals surface area contributed by atoms with Gasteiger partial charge < -0.3 is 9.80 Å². The molecule has 7 heteroatoms. The molecule has 0 bridgehead atoms. The third kappa shape index (κ3) is 3.76. The number of hydrogen-bond donors (Lipinski definition) is 0. The molecule has 0 saturated carbocycles. The first-order valence-electron chi connectivity index (χ1n) is 9.50. The van der Waals surface area contributed by atoms with Gasteiger partial charge in [0.05, 0.1) is 5.56 Å². The molecule has 1 amide bonds. The number of aromatic nitrogens is 3. The SMILES string of the molecule is Cc1cnc(Cl)c(C(=O)N2CCC3(CCCN(c4ncccn4)C3)CC2)c1. The monoisotopic (exact) mass is 385 g/mol. The summed E-state index contributed by atoms with van der Waals surface area (Å²) >= 11 is 6.16. The number of aryl methyl sites for hydroxylation is 1. The molecule has 6 nitrogen and oxygen atoms in total. The maximum Gasteiger partial charge on any atom is 0.256 e. The molecule has 0 atom stereocenters. The maximum atomic E-state index is 12.9. The molecule has 4 heterocycles. The number of rotatable bonds is 2. The Morgan fingerprint density at radius 2 is 1.85 bits per heavy atom. The number of hydrogen-bond acceptors (Lipinski definition) is 5. The van der Waals surface area contributed by atoms with Crippen molar-refractivity contribution in [3.05, 3.63) is 47.0 Å². The first kappa shape index (κ1) is 18.2. The zero-order valence-corrected chi connectivity index (χ0v) is 16.3. The van der Waals surface area contributed by atoms with Gasteiger partial charge in [-0.3, -0.25) is 4.79 Å². The lowest BCUT2D eigenvalue weighted by molar-refractivity contribution is 0.0539. The second kappa shape index (κ2) is 7.43. The van der Waals surface area contributed by atoms with Crippen molar-refractivity contribution in [3.63, 3.8) is 0 Å². The summed E-state index contributed by atoms with van der Waals surface area (Å²) in [5, 5.41) is 0.288. The fourth-order valence-electron chi connectivity index (χ4n) is 4.30. The van der Waals surface area contributed by atoms with Gasteiger partial charge in [0.15, 0.2) is 0 Å². The van der Waals surface area contributed by atoms with E-state index in [-0.39, 0.29) is 16.5 Å². The van der Waals surface area contributed by atoms with Crippen molar-refractivity contribution in [1.29, 1.82) is 0 Å². The third-order valence-electron chi connectivity index (χ3n) is 5.81. The first-order valence-corrected chi connectivity index (χ1v) is 9.88. The molecule has 0 aromatic carbocycles. The number of carbonyl (C=O) groups excluding carboxylic acids is 1. The smallest absolute Gasteiger partial charge is 0.256 e. The summed E-state index contributed by atoms with van der Waals surface area (Å²) in [5.74, 6) is 0.804. The average Bonchev–Trinajstić information content (AvgIpc) is 2.71. The lowest BCUT2D eigenvalue weighted by Crippen LogP contribution is -2.51. The fraction of sp³-hybridized carbons (Fsp3) is 0.500. The fourth-order valence-corrected chi connectivity index (χ4v) is 4.48. The number of pyridine rings is 1. The molecule has 142 valence electrons. The zero-order chi connectivity index (χ0) is 18.9. The number of carbonyl (C=O) groups is 1. The average molecular weight is 386 g/mol. The first-order chi connectivity index (χ1) is 13.1. The largest absolute Gasteiger partial charge is 0.340 e. The van der Waals surface area contributed by atoms with E-state index < -0.39 is 0 Å². The standard InChI is InChI=1S/C20H24ClN5O/c1-15-12-16(17(21)24-13-15)18(27)25-10-5-20(6-11-25)4-2-9-26(14-20)19-22-7-3-8-23-19/h3,7-8,12-13H,2,4-6,9-11,14H2,1H3. The number of piperidine rings is 2. The molecule has 2 fully saturated rings.